The van der Waals surface area contributed by atoms with Crippen molar-refractivity contribution < 1.29 is 9.90 Å². The molecule has 0 aromatic carbocycles. The number of hydrogen-bond donors (Lipinski definition) is 2. The Balaban J connectivity index is 1.73. The van der Waals surface area contributed by atoms with Crippen LogP contribution in [0.1, 0.15) is 78.6 Å². The van der Waals surface area contributed by atoms with E-state index in [1.807, 2.05) is 6.92 Å². The molecule has 2 saturated carbocycles. The van der Waals surface area contributed by atoms with Crippen molar-refractivity contribution in [3.05, 3.63) is 11.6 Å². The zero-order valence-corrected chi connectivity index (χ0v) is 17.8. The molecule has 4 unspecified atom stereocenters. The lowest BCUT2D eigenvalue weighted by Gasteiger charge is -2.56. The van der Waals surface area contributed by atoms with Crippen molar-refractivity contribution in [2.45, 2.75) is 78.6 Å². The molecule has 0 aromatic rings. The van der Waals surface area contributed by atoms with E-state index in [0.717, 1.165) is 36.5 Å². The summed E-state index contributed by atoms with van der Waals surface area (Å²) in [5.74, 6) is 4.00. The van der Waals surface area contributed by atoms with Crippen LogP contribution >= 0.6 is 0 Å². The number of carbonyl (C=O) groups is 1. The number of rotatable bonds is 7. The van der Waals surface area contributed by atoms with Gasteiger partial charge in [0.05, 0.1) is 0 Å². The first-order valence-electron chi connectivity index (χ1n) is 11.5. The molecule has 3 heteroatoms. The van der Waals surface area contributed by atoms with Gasteiger partial charge in [-0.15, -0.1) is 0 Å². The Morgan fingerprint density at radius 2 is 2.11 bits per heavy atom. The highest BCUT2D eigenvalue weighted by molar-refractivity contribution is 5.81. The lowest BCUT2D eigenvalue weighted by atomic mass is 9.49. The van der Waals surface area contributed by atoms with E-state index < -0.39 is 0 Å². The lowest BCUT2D eigenvalue weighted by Crippen LogP contribution is -2.47. The molecule has 7 atom stereocenters. The van der Waals surface area contributed by atoms with Gasteiger partial charge in [-0.05, 0) is 80.0 Å². The summed E-state index contributed by atoms with van der Waals surface area (Å²) >= 11 is 0. The first-order chi connectivity index (χ1) is 12.9. The third-order valence-corrected chi connectivity index (χ3v) is 8.56. The number of hydrogen-bond acceptors (Lipinski definition) is 3. The molecule has 0 radical (unpaired) electrons. The molecule has 0 aliphatic heterocycles. The molecular weight excluding hydrogens is 334 g/mol. The van der Waals surface area contributed by atoms with Gasteiger partial charge in [0.1, 0.15) is 5.78 Å². The molecule has 3 aliphatic carbocycles. The summed E-state index contributed by atoms with van der Waals surface area (Å²) in [7, 11) is 0. The Hall–Kier alpha value is -0.670. The largest absolute Gasteiger partial charge is 0.396 e. The Kier molecular flexibility index (Phi) is 6.84. The van der Waals surface area contributed by atoms with Gasteiger partial charge in [0.15, 0.2) is 0 Å². The highest BCUT2D eigenvalue weighted by atomic mass is 16.2. The number of ketones is 1. The smallest absolute Gasteiger partial charge is 0.137 e. The zero-order chi connectivity index (χ0) is 19.6. The summed E-state index contributed by atoms with van der Waals surface area (Å²) in [6.07, 6.45) is 13.0. The molecule has 3 aliphatic rings. The maximum Gasteiger partial charge on any atom is 0.137 e. The minimum absolute atomic E-state index is 0.000406. The average molecular weight is 376 g/mol. The van der Waals surface area contributed by atoms with Crippen LogP contribution < -0.4 is 5.73 Å². The first kappa shape index (κ1) is 21.0. The third-order valence-electron chi connectivity index (χ3n) is 8.56. The number of carbonyl (C=O) groups excluding carboxylic acids is 1. The van der Waals surface area contributed by atoms with Crippen LogP contribution in [0, 0.1) is 40.9 Å². The molecule has 0 bridgehead atoms. The van der Waals surface area contributed by atoms with Crippen LogP contribution in [0.25, 0.3) is 0 Å². The van der Waals surface area contributed by atoms with Crippen LogP contribution in [0.4, 0.5) is 0 Å². The highest BCUT2D eigenvalue weighted by Crippen LogP contribution is 2.60. The summed E-state index contributed by atoms with van der Waals surface area (Å²) in [6.45, 7) is 7.72. The molecule has 154 valence electrons. The van der Waals surface area contributed by atoms with Gasteiger partial charge in [-0.2, -0.15) is 0 Å². The van der Waals surface area contributed by atoms with Crippen LogP contribution in [0.15, 0.2) is 11.6 Å². The molecule has 2 fully saturated rings. The van der Waals surface area contributed by atoms with Gasteiger partial charge in [-0.25, -0.2) is 0 Å². The van der Waals surface area contributed by atoms with Gasteiger partial charge in [-0.1, -0.05) is 38.8 Å². The molecule has 0 heterocycles. The maximum atomic E-state index is 12.4. The van der Waals surface area contributed by atoms with Gasteiger partial charge < -0.3 is 10.8 Å². The topological polar surface area (TPSA) is 63.3 Å². The molecule has 3 rings (SSSR count). The van der Waals surface area contributed by atoms with E-state index in [1.54, 1.807) is 5.57 Å². The van der Waals surface area contributed by atoms with Crippen LogP contribution in [0.2, 0.25) is 0 Å². The van der Waals surface area contributed by atoms with Crippen molar-refractivity contribution in [3.8, 4) is 0 Å². The standard InChI is InChI=1S/C24H41NO2/c1-16-6-9-22-21(20(16)5-4-12-26)8-7-19-13-18(10-11-24(19,22)3)14-23(27)17(2)15-25/h13,16-18,20-22,26H,4-12,14-15,25H2,1-3H3/t16-,17?,18+,20?,21?,22?,24+/m1/s1. The van der Waals surface area contributed by atoms with Crippen molar-refractivity contribution in [2.75, 3.05) is 13.2 Å². The Bertz CT molecular complexity index is 557. The summed E-state index contributed by atoms with van der Waals surface area (Å²) in [5.41, 5.74) is 7.69. The zero-order valence-electron chi connectivity index (χ0n) is 17.8. The minimum atomic E-state index is -0.000406. The molecule has 0 saturated heterocycles. The van der Waals surface area contributed by atoms with Crippen molar-refractivity contribution in [1.82, 2.24) is 0 Å². The predicted octanol–water partition coefficient (Wildman–Crippen LogP) is 4.73. The summed E-state index contributed by atoms with van der Waals surface area (Å²) in [5, 5.41) is 9.33. The SMILES string of the molecule is CC(CN)C(=O)C[C@@H]1C=C2CCC3C(CCCO)[C@H](C)CCC3[C@@]2(C)CC1. The van der Waals surface area contributed by atoms with Crippen LogP contribution in [-0.2, 0) is 4.79 Å². The molecule has 0 amide bonds. The third kappa shape index (κ3) is 4.19. The second-order valence-electron chi connectivity index (χ2n) is 10.1. The van der Waals surface area contributed by atoms with Crippen LogP contribution in [0.3, 0.4) is 0 Å². The molecule has 3 nitrogen and oxygen atoms in total. The van der Waals surface area contributed by atoms with Crippen LogP contribution in [-0.4, -0.2) is 24.0 Å². The number of aliphatic hydroxyl groups is 1. The second-order valence-corrected chi connectivity index (χ2v) is 10.1. The Labute approximate surface area is 166 Å². The van der Waals surface area contributed by atoms with E-state index in [9.17, 15) is 9.90 Å². The van der Waals surface area contributed by atoms with Gasteiger partial charge in [0.2, 0.25) is 0 Å². The van der Waals surface area contributed by atoms with E-state index in [4.69, 9.17) is 5.73 Å². The van der Waals surface area contributed by atoms with Crippen molar-refractivity contribution in [2.24, 2.45) is 46.7 Å². The van der Waals surface area contributed by atoms with Gasteiger partial charge >= 0.3 is 0 Å². The van der Waals surface area contributed by atoms with Crippen molar-refractivity contribution in [3.63, 3.8) is 0 Å². The van der Waals surface area contributed by atoms with E-state index in [2.05, 4.69) is 19.9 Å². The van der Waals surface area contributed by atoms with Gasteiger partial charge in [0, 0.05) is 25.5 Å². The van der Waals surface area contributed by atoms with Gasteiger partial charge in [-0.3, -0.25) is 4.79 Å². The quantitative estimate of drug-likeness (QED) is 0.632. The number of fused-ring (bicyclic) bond motifs is 3. The van der Waals surface area contributed by atoms with E-state index in [1.165, 1.54) is 38.5 Å². The lowest BCUT2D eigenvalue weighted by molar-refractivity contribution is -0.122. The van der Waals surface area contributed by atoms with E-state index in [0.29, 0.717) is 36.7 Å². The van der Waals surface area contributed by atoms with Crippen LogP contribution in [0.5, 0.6) is 0 Å². The highest BCUT2D eigenvalue weighted by Gasteiger charge is 2.51. The predicted molar refractivity (Wildman–Crippen MR) is 111 cm³/mol. The fraction of sp³-hybridized carbons (Fsp3) is 0.875. The molecule has 27 heavy (non-hydrogen) atoms. The van der Waals surface area contributed by atoms with E-state index in [-0.39, 0.29) is 5.92 Å². The fourth-order valence-electron chi connectivity index (χ4n) is 6.69. The van der Waals surface area contributed by atoms with Crippen molar-refractivity contribution in [1.29, 1.82) is 0 Å². The summed E-state index contributed by atoms with van der Waals surface area (Å²) in [4.78, 5) is 12.4. The second kappa shape index (κ2) is 8.78. The molecular formula is C24H41NO2. The van der Waals surface area contributed by atoms with Crippen molar-refractivity contribution >= 4 is 5.78 Å². The molecule has 3 N–H and O–H groups in total. The van der Waals surface area contributed by atoms with E-state index >= 15 is 0 Å². The Morgan fingerprint density at radius 3 is 2.81 bits per heavy atom. The number of allylic oxidation sites excluding steroid dienone is 2. The monoisotopic (exact) mass is 375 g/mol. The number of nitrogens with two attached hydrogens (primary N) is 1. The summed E-state index contributed by atoms with van der Waals surface area (Å²) < 4.78 is 0. The average Bonchev–Trinajstić information content (AvgIpc) is 2.66. The normalized spacial score (nSPS) is 39.9. The number of aliphatic hydroxyl groups excluding tert-OH is 1. The molecule has 0 aromatic heterocycles. The fourth-order valence-corrected chi connectivity index (χ4v) is 6.69. The summed E-state index contributed by atoms with van der Waals surface area (Å²) in [6, 6.07) is 0. The first-order valence-corrected chi connectivity index (χ1v) is 11.5. The number of Topliss-reactive ketones (excluding diaryl/α,β-unsaturated/α-hetero) is 1. The maximum absolute atomic E-state index is 12.4. The minimum Gasteiger partial charge on any atom is -0.396 e. The Morgan fingerprint density at radius 1 is 1.33 bits per heavy atom. The van der Waals surface area contributed by atoms with Gasteiger partial charge in [0.25, 0.3) is 0 Å². The molecule has 0 spiro atoms.